The second kappa shape index (κ2) is 7.27. The molecule has 1 aliphatic rings. The number of carboxylic acids is 1. The zero-order valence-corrected chi connectivity index (χ0v) is 12.1. The smallest absolute Gasteiger partial charge is 0.305 e. The van der Waals surface area contributed by atoms with Gasteiger partial charge in [-0.15, -0.1) is 0 Å². The summed E-state index contributed by atoms with van der Waals surface area (Å²) < 4.78 is 0. The molecule has 0 radical (unpaired) electrons. The number of rotatable bonds is 5. The summed E-state index contributed by atoms with van der Waals surface area (Å²) in [6.07, 6.45) is 2.25. The fourth-order valence-electron chi connectivity index (χ4n) is 2.33. The molecule has 6 heteroatoms. The minimum Gasteiger partial charge on any atom is -0.481 e. The van der Waals surface area contributed by atoms with Gasteiger partial charge in [0.15, 0.2) is 0 Å². The molecule has 0 unspecified atom stereocenters. The van der Waals surface area contributed by atoms with Crippen LogP contribution in [0.25, 0.3) is 0 Å². The molecule has 0 spiro atoms. The van der Waals surface area contributed by atoms with Crippen molar-refractivity contribution in [3.63, 3.8) is 0 Å². The number of amides is 1. The predicted molar refractivity (Wildman–Crippen MR) is 79.5 cm³/mol. The average Bonchev–Trinajstić information content (AvgIpc) is 2.52. The molecule has 2 rings (SSSR count). The van der Waals surface area contributed by atoms with Gasteiger partial charge >= 0.3 is 5.97 Å². The number of fused-ring (bicyclic) bond motifs is 1. The van der Waals surface area contributed by atoms with Crippen LogP contribution in [-0.4, -0.2) is 35.0 Å². The molecule has 1 amide bonds. The van der Waals surface area contributed by atoms with Crippen molar-refractivity contribution in [1.82, 2.24) is 10.2 Å². The topological polar surface area (TPSA) is 93.4 Å². The maximum Gasteiger partial charge on any atom is 0.305 e. The average molecular weight is 299 g/mol. The third kappa shape index (κ3) is 4.09. The molecular weight excluding hydrogens is 282 g/mol. The standard InChI is InChI=1S/C16H17N3O3/c17-9-14(16(22)18-7-5-15(20)21)11-19-8-6-12-3-1-2-4-13(12)10-19/h1-4,11H,5-8,10H2,(H,18,22)(H,20,21)/b14-11-. The van der Waals surface area contributed by atoms with Crippen LogP contribution in [0, 0.1) is 11.3 Å². The van der Waals surface area contributed by atoms with Crippen molar-refractivity contribution in [3.8, 4) is 6.07 Å². The Hall–Kier alpha value is -2.81. The van der Waals surface area contributed by atoms with Crippen molar-refractivity contribution in [2.24, 2.45) is 0 Å². The molecule has 22 heavy (non-hydrogen) atoms. The van der Waals surface area contributed by atoms with E-state index in [2.05, 4.69) is 11.4 Å². The summed E-state index contributed by atoms with van der Waals surface area (Å²) in [6, 6.07) is 9.96. The molecule has 1 heterocycles. The van der Waals surface area contributed by atoms with Gasteiger partial charge in [0.2, 0.25) is 0 Å². The van der Waals surface area contributed by atoms with Crippen LogP contribution in [-0.2, 0) is 22.6 Å². The number of hydrogen-bond donors (Lipinski definition) is 2. The van der Waals surface area contributed by atoms with Crippen LogP contribution < -0.4 is 5.32 Å². The number of carboxylic acid groups (broad SMARTS) is 1. The number of benzene rings is 1. The zero-order valence-electron chi connectivity index (χ0n) is 12.1. The lowest BCUT2D eigenvalue weighted by molar-refractivity contribution is -0.136. The molecule has 1 aliphatic heterocycles. The van der Waals surface area contributed by atoms with Crippen molar-refractivity contribution in [3.05, 3.63) is 47.2 Å². The number of nitrogens with one attached hydrogen (secondary N) is 1. The number of nitriles is 1. The first kappa shape index (κ1) is 15.6. The molecule has 0 atom stereocenters. The summed E-state index contributed by atoms with van der Waals surface area (Å²) in [7, 11) is 0. The van der Waals surface area contributed by atoms with E-state index in [-0.39, 0.29) is 18.5 Å². The third-order valence-electron chi connectivity index (χ3n) is 3.46. The Labute approximate surface area is 128 Å². The van der Waals surface area contributed by atoms with Crippen molar-refractivity contribution in [1.29, 1.82) is 5.26 Å². The SMILES string of the molecule is N#C/C(=C/N1CCc2ccccc2C1)C(=O)NCCC(=O)O. The Morgan fingerprint density at radius 1 is 1.36 bits per heavy atom. The van der Waals surface area contributed by atoms with Crippen LogP contribution in [0.5, 0.6) is 0 Å². The molecule has 0 aromatic heterocycles. The number of nitrogens with zero attached hydrogens (tertiary/aromatic N) is 2. The van der Waals surface area contributed by atoms with Crippen LogP contribution in [0.4, 0.5) is 0 Å². The van der Waals surface area contributed by atoms with Gasteiger partial charge in [0.25, 0.3) is 5.91 Å². The molecule has 0 bridgehead atoms. The fraction of sp³-hybridized carbons (Fsp3) is 0.312. The van der Waals surface area contributed by atoms with E-state index in [1.165, 1.54) is 11.1 Å². The predicted octanol–water partition coefficient (Wildman–Crippen LogP) is 1.04. The largest absolute Gasteiger partial charge is 0.481 e. The molecule has 1 aromatic rings. The quantitative estimate of drug-likeness (QED) is 0.626. The first-order valence-corrected chi connectivity index (χ1v) is 7.03. The van der Waals surface area contributed by atoms with Crippen LogP contribution >= 0.6 is 0 Å². The highest BCUT2D eigenvalue weighted by Crippen LogP contribution is 2.19. The van der Waals surface area contributed by atoms with Gasteiger partial charge in [-0.25, -0.2) is 0 Å². The second-order valence-electron chi connectivity index (χ2n) is 5.04. The second-order valence-corrected chi connectivity index (χ2v) is 5.04. The van der Waals surface area contributed by atoms with Crippen LogP contribution in [0.2, 0.25) is 0 Å². The highest BCUT2D eigenvalue weighted by atomic mass is 16.4. The Balaban J connectivity index is 1.99. The molecule has 0 saturated heterocycles. The Morgan fingerprint density at radius 2 is 2.09 bits per heavy atom. The lowest BCUT2D eigenvalue weighted by Gasteiger charge is -2.27. The summed E-state index contributed by atoms with van der Waals surface area (Å²) in [5, 5.41) is 20.1. The van der Waals surface area contributed by atoms with Crippen molar-refractivity contribution < 1.29 is 14.7 Å². The summed E-state index contributed by atoms with van der Waals surface area (Å²) in [5.41, 5.74) is 2.47. The Morgan fingerprint density at radius 3 is 2.77 bits per heavy atom. The van der Waals surface area contributed by atoms with Gasteiger partial charge in [-0.1, -0.05) is 24.3 Å². The molecule has 6 nitrogen and oxygen atoms in total. The van der Waals surface area contributed by atoms with Gasteiger partial charge in [-0.3, -0.25) is 9.59 Å². The molecule has 2 N–H and O–H groups in total. The molecule has 1 aromatic carbocycles. The molecule has 0 aliphatic carbocycles. The van der Waals surface area contributed by atoms with E-state index < -0.39 is 11.9 Å². The van der Waals surface area contributed by atoms with E-state index in [4.69, 9.17) is 10.4 Å². The minimum absolute atomic E-state index is 0.00947. The summed E-state index contributed by atoms with van der Waals surface area (Å²) in [4.78, 5) is 24.2. The van der Waals surface area contributed by atoms with Gasteiger partial charge in [-0.05, 0) is 17.5 Å². The lowest BCUT2D eigenvalue weighted by atomic mass is 10.0. The van der Waals surface area contributed by atoms with Crippen LogP contribution in [0.3, 0.4) is 0 Å². The van der Waals surface area contributed by atoms with Crippen LogP contribution in [0.15, 0.2) is 36.0 Å². The molecular formula is C16H17N3O3. The number of carbonyl (C=O) groups is 2. The van der Waals surface area contributed by atoms with Gasteiger partial charge in [0.05, 0.1) is 6.42 Å². The van der Waals surface area contributed by atoms with Crippen LogP contribution in [0.1, 0.15) is 17.5 Å². The number of aliphatic carboxylic acids is 1. The van der Waals surface area contributed by atoms with E-state index in [0.717, 1.165) is 13.0 Å². The minimum atomic E-state index is -0.990. The van der Waals surface area contributed by atoms with E-state index in [1.54, 1.807) is 6.20 Å². The summed E-state index contributed by atoms with van der Waals surface area (Å²) >= 11 is 0. The molecule has 114 valence electrons. The summed E-state index contributed by atoms with van der Waals surface area (Å²) in [5.74, 6) is -1.53. The first-order valence-electron chi connectivity index (χ1n) is 7.03. The molecule has 0 fully saturated rings. The highest BCUT2D eigenvalue weighted by molar-refractivity contribution is 5.97. The first-order chi connectivity index (χ1) is 10.6. The van der Waals surface area contributed by atoms with Crippen molar-refractivity contribution in [2.75, 3.05) is 13.1 Å². The van der Waals surface area contributed by atoms with Gasteiger partial charge in [-0.2, -0.15) is 5.26 Å². The van der Waals surface area contributed by atoms with E-state index in [1.807, 2.05) is 29.2 Å². The lowest BCUT2D eigenvalue weighted by Crippen LogP contribution is -2.30. The maximum atomic E-state index is 11.9. The van der Waals surface area contributed by atoms with Gasteiger partial charge in [0.1, 0.15) is 11.6 Å². The van der Waals surface area contributed by atoms with E-state index in [0.29, 0.717) is 6.54 Å². The maximum absolute atomic E-state index is 11.9. The zero-order chi connectivity index (χ0) is 15.9. The highest BCUT2D eigenvalue weighted by Gasteiger charge is 2.16. The third-order valence-corrected chi connectivity index (χ3v) is 3.46. The van der Waals surface area contributed by atoms with E-state index >= 15 is 0 Å². The molecule has 0 saturated carbocycles. The van der Waals surface area contributed by atoms with Gasteiger partial charge in [0, 0.05) is 25.8 Å². The van der Waals surface area contributed by atoms with E-state index in [9.17, 15) is 9.59 Å². The number of carbonyl (C=O) groups excluding carboxylic acids is 1. The summed E-state index contributed by atoms with van der Waals surface area (Å²) in [6.45, 7) is 1.41. The van der Waals surface area contributed by atoms with Crippen molar-refractivity contribution >= 4 is 11.9 Å². The monoisotopic (exact) mass is 299 g/mol. The van der Waals surface area contributed by atoms with Gasteiger partial charge < -0.3 is 15.3 Å². The number of hydrogen-bond acceptors (Lipinski definition) is 4. The normalized spacial score (nSPS) is 14.0. The fourth-order valence-corrected chi connectivity index (χ4v) is 2.33. The Bertz CT molecular complexity index is 646. The van der Waals surface area contributed by atoms with Crippen molar-refractivity contribution in [2.45, 2.75) is 19.4 Å². The Kier molecular flexibility index (Phi) is 5.15.